The van der Waals surface area contributed by atoms with E-state index in [2.05, 4.69) is 76.1 Å². The summed E-state index contributed by atoms with van der Waals surface area (Å²) >= 11 is 0. The maximum absolute atomic E-state index is 13.6. The van der Waals surface area contributed by atoms with Gasteiger partial charge in [-0.3, -0.25) is 9.69 Å². The Morgan fingerprint density at radius 2 is 1.60 bits per heavy atom. The average molecular weight is 574 g/mol. The number of aromatic nitrogens is 3. The Morgan fingerprint density at radius 1 is 0.884 bits per heavy atom. The standard InChI is InChI=1S/C36H39N5O2/c1-25-37-33-11-5-6-13-34(33)41(25)29-22-27-14-15-28(23-29)40(27)21-18-36(26-8-3-2-4-9-26)16-19-39(20-17-36)35(42)30-10-7-12-32-31(30)24-43-38-32/h2-13,24,27-29H,14-23H2,1H3/t27-,28+,29+. The molecule has 0 saturated carbocycles. The van der Waals surface area contributed by atoms with Crippen LogP contribution in [0.2, 0.25) is 0 Å². The molecule has 0 unspecified atom stereocenters. The highest BCUT2D eigenvalue weighted by Crippen LogP contribution is 2.45. The van der Waals surface area contributed by atoms with Gasteiger partial charge in [0.05, 0.1) is 22.0 Å². The first-order valence-corrected chi connectivity index (χ1v) is 16.0. The minimum atomic E-state index is 0.0780. The molecule has 220 valence electrons. The van der Waals surface area contributed by atoms with E-state index in [0.717, 1.165) is 61.1 Å². The van der Waals surface area contributed by atoms with E-state index >= 15 is 0 Å². The van der Waals surface area contributed by atoms with E-state index in [1.165, 1.54) is 36.8 Å². The SMILES string of the molecule is Cc1nc2ccccc2n1[C@H]1C[C@H]2CC[C@@H](C1)N2CCC1(c2ccccc2)CCN(C(=O)c2cccc3nocc23)CC1. The highest BCUT2D eigenvalue weighted by Gasteiger charge is 2.44. The van der Waals surface area contributed by atoms with Gasteiger partial charge < -0.3 is 14.0 Å². The number of imidazole rings is 1. The van der Waals surface area contributed by atoms with Crippen molar-refractivity contribution in [2.45, 2.75) is 75.4 Å². The van der Waals surface area contributed by atoms with Gasteiger partial charge in [0.15, 0.2) is 0 Å². The van der Waals surface area contributed by atoms with Crippen molar-refractivity contribution in [3.05, 3.63) is 96.0 Å². The number of piperidine rings is 2. The number of amides is 1. The molecule has 2 bridgehead atoms. The number of hydrogen-bond acceptors (Lipinski definition) is 5. The van der Waals surface area contributed by atoms with Crippen molar-refractivity contribution in [1.82, 2.24) is 24.5 Å². The van der Waals surface area contributed by atoms with Gasteiger partial charge in [0.2, 0.25) is 0 Å². The third kappa shape index (κ3) is 4.56. The van der Waals surface area contributed by atoms with Crippen molar-refractivity contribution in [1.29, 1.82) is 0 Å². The summed E-state index contributed by atoms with van der Waals surface area (Å²) in [4.78, 5) is 23.4. The fraction of sp³-hybridized carbons (Fsp3) is 0.417. The number of nitrogens with zero attached hydrogens (tertiary/aromatic N) is 5. The summed E-state index contributed by atoms with van der Waals surface area (Å²) in [5.41, 5.74) is 5.31. The summed E-state index contributed by atoms with van der Waals surface area (Å²) in [5.74, 6) is 1.22. The van der Waals surface area contributed by atoms with Crippen molar-refractivity contribution >= 4 is 27.8 Å². The predicted octanol–water partition coefficient (Wildman–Crippen LogP) is 6.92. The maximum atomic E-state index is 13.6. The van der Waals surface area contributed by atoms with Crippen LogP contribution in [0.1, 0.15) is 72.7 Å². The number of fused-ring (bicyclic) bond motifs is 4. The lowest BCUT2D eigenvalue weighted by Gasteiger charge is -2.45. The second-order valence-electron chi connectivity index (χ2n) is 13.0. The van der Waals surface area contributed by atoms with E-state index in [9.17, 15) is 4.79 Å². The summed E-state index contributed by atoms with van der Waals surface area (Å²) in [6, 6.07) is 27.1. The Balaban J connectivity index is 0.990. The highest BCUT2D eigenvalue weighted by atomic mass is 16.5. The average Bonchev–Trinajstić information content (AvgIpc) is 3.73. The molecule has 5 heterocycles. The Morgan fingerprint density at radius 3 is 2.40 bits per heavy atom. The third-order valence-electron chi connectivity index (χ3n) is 10.9. The largest absolute Gasteiger partial charge is 0.363 e. The molecule has 3 fully saturated rings. The van der Waals surface area contributed by atoms with Crippen molar-refractivity contribution < 1.29 is 9.32 Å². The number of rotatable bonds is 6. The third-order valence-corrected chi connectivity index (χ3v) is 10.9. The van der Waals surface area contributed by atoms with Gasteiger partial charge in [-0.15, -0.1) is 0 Å². The van der Waals surface area contributed by atoms with Crippen LogP contribution in [0, 0.1) is 6.92 Å². The Kier molecular flexibility index (Phi) is 6.59. The minimum Gasteiger partial charge on any atom is -0.363 e. The van der Waals surface area contributed by atoms with Gasteiger partial charge in [-0.2, -0.15) is 0 Å². The number of benzene rings is 3. The van der Waals surface area contributed by atoms with Crippen molar-refractivity contribution in [2.75, 3.05) is 19.6 Å². The fourth-order valence-electron chi connectivity index (χ4n) is 8.65. The topological polar surface area (TPSA) is 67.4 Å². The molecule has 1 amide bonds. The molecule has 3 aliphatic heterocycles. The van der Waals surface area contributed by atoms with Gasteiger partial charge in [-0.1, -0.05) is 53.7 Å². The summed E-state index contributed by atoms with van der Waals surface area (Å²) in [5, 5.41) is 4.83. The van der Waals surface area contributed by atoms with E-state index in [1.54, 1.807) is 6.26 Å². The van der Waals surface area contributed by atoms with Crippen molar-refractivity contribution in [3.8, 4) is 0 Å². The van der Waals surface area contributed by atoms with Crippen LogP contribution >= 0.6 is 0 Å². The Hall–Kier alpha value is -3.97. The zero-order valence-corrected chi connectivity index (χ0v) is 24.9. The number of para-hydroxylation sites is 2. The first-order chi connectivity index (χ1) is 21.1. The number of carbonyl (C=O) groups excluding carboxylic acids is 1. The molecule has 43 heavy (non-hydrogen) atoms. The quantitative estimate of drug-likeness (QED) is 0.221. The van der Waals surface area contributed by atoms with Crippen molar-refractivity contribution in [3.63, 3.8) is 0 Å². The summed E-state index contributed by atoms with van der Waals surface area (Å²) in [6.07, 6.45) is 9.67. The molecule has 3 aliphatic rings. The van der Waals surface area contributed by atoms with Crippen LogP contribution in [-0.2, 0) is 5.41 Å². The molecule has 7 heteroatoms. The van der Waals surface area contributed by atoms with Crippen LogP contribution in [0.5, 0.6) is 0 Å². The van der Waals surface area contributed by atoms with E-state index in [1.807, 2.05) is 23.1 Å². The van der Waals surface area contributed by atoms with Crippen LogP contribution in [0.3, 0.4) is 0 Å². The molecule has 0 spiro atoms. The lowest BCUT2D eigenvalue weighted by molar-refractivity contribution is 0.0608. The van der Waals surface area contributed by atoms with Crippen molar-refractivity contribution in [2.24, 2.45) is 0 Å². The number of carbonyl (C=O) groups is 1. The Bertz CT molecular complexity index is 1750. The second kappa shape index (κ2) is 10.6. The zero-order chi connectivity index (χ0) is 29.0. The lowest BCUT2D eigenvalue weighted by atomic mass is 9.70. The van der Waals surface area contributed by atoms with E-state index in [0.29, 0.717) is 23.7 Å². The van der Waals surface area contributed by atoms with Crippen LogP contribution < -0.4 is 0 Å². The smallest absolute Gasteiger partial charge is 0.254 e. The lowest BCUT2D eigenvalue weighted by Crippen LogP contribution is -2.49. The number of hydrogen-bond donors (Lipinski definition) is 0. The zero-order valence-electron chi connectivity index (χ0n) is 24.9. The van der Waals surface area contributed by atoms with Gasteiger partial charge in [0.25, 0.3) is 5.91 Å². The van der Waals surface area contributed by atoms with Crippen LogP contribution in [-0.4, -0.2) is 62.1 Å². The first-order valence-electron chi connectivity index (χ1n) is 16.0. The highest BCUT2D eigenvalue weighted by molar-refractivity contribution is 6.05. The van der Waals surface area contributed by atoms with Gasteiger partial charge in [-0.25, -0.2) is 4.98 Å². The van der Waals surface area contributed by atoms with E-state index in [-0.39, 0.29) is 11.3 Å². The molecule has 2 aromatic heterocycles. The molecule has 7 nitrogen and oxygen atoms in total. The maximum Gasteiger partial charge on any atom is 0.254 e. The molecule has 3 saturated heterocycles. The van der Waals surface area contributed by atoms with E-state index < -0.39 is 0 Å². The molecule has 3 atom stereocenters. The molecule has 5 aromatic rings. The van der Waals surface area contributed by atoms with Gasteiger partial charge >= 0.3 is 0 Å². The molecular formula is C36H39N5O2. The van der Waals surface area contributed by atoms with Crippen LogP contribution in [0.4, 0.5) is 0 Å². The molecular weight excluding hydrogens is 534 g/mol. The second-order valence-corrected chi connectivity index (χ2v) is 13.0. The van der Waals surface area contributed by atoms with Gasteiger partial charge in [0, 0.05) is 31.2 Å². The summed E-state index contributed by atoms with van der Waals surface area (Å²) in [7, 11) is 0. The summed E-state index contributed by atoms with van der Waals surface area (Å²) in [6.45, 7) is 4.81. The fourth-order valence-corrected chi connectivity index (χ4v) is 8.65. The molecule has 0 aliphatic carbocycles. The molecule has 0 N–H and O–H groups in total. The first kappa shape index (κ1) is 26.6. The van der Waals surface area contributed by atoms with Crippen LogP contribution in [0.25, 0.3) is 21.9 Å². The minimum absolute atomic E-state index is 0.0780. The molecule has 3 aromatic carbocycles. The van der Waals surface area contributed by atoms with Gasteiger partial charge in [-0.05, 0) is 93.7 Å². The number of aryl methyl sites for hydroxylation is 1. The normalized spacial score (nSPS) is 23.7. The molecule has 8 rings (SSSR count). The Labute approximate surface area is 252 Å². The summed E-state index contributed by atoms with van der Waals surface area (Å²) < 4.78 is 7.69. The van der Waals surface area contributed by atoms with E-state index in [4.69, 9.17) is 9.51 Å². The van der Waals surface area contributed by atoms with Gasteiger partial charge in [0.1, 0.15) is 17.6 Å². The predicted molar refractivity (Wildman–Crippen MR) is 168 cm³/mol. The van der Waals surface area contributed by atoms with Crippen LogP contribution in [0.15, 0.2) is 83.6 Å². The monoisotopic (exact) mass is 573 g/mol. The molecule has 0 radical (unpaired) electrons. The number of likely N-dealkylation sites (tertiary alicyclic amines) is 1.